The molecule has 1 aromatic rings. The van der Waals surface area contributed by atoms with Crippen molar-refractivity contribution in [1.29, 1.82) is 0 Å². The maximum absolute atomic E-state index is 11.7. The number of nitrogens with one attached hydrogen (secondary N) is 2. The molecule has 1 atom stereocenters. The molecule has 7 heteroatoms. The molecule has 0 saturated heterocycles. The van der Waals surface area contributed by atoms with E-state index in [1.54, 1.807) is 6.92 Å². The smallest absolute Gasteiger partial charge is 0.243 e. The predicted octanol–water partition coefficient (Wildman–Crippen LogP) is 0.362. The molecular formula is C8H13N5OS. The largest absolute Gasteiger partial charge is 0.368 e. The van der Waals surface area contributed by atoms with Gasteiger partial charge in [0.05, 0.1) is 0 Å². The Balaban J connectivity index is 2.15. The number of H-pyrrole nitrogens is 1. The summed E-state index contributed by atoms with van der Waals surface area (Å²) >= 11 is 4.98. The van der Waals surface area contributed by atoms with Crippen LogP contribution in [0, 0.1) is 4.77 Å². The van der Waals surface area contributed by atoms with E-state index in [-0.39, 0.29) is 11.9 Å². The minimum absolute atomic E-state index is 0.0679. The van der Waals surface area contributed by atoms with Crippen molar-refractivity contribution in [3.05, 3.63) is 4.77 Å². The van der Waals surface area contributed by atoms with Gasteiger partial charge in [-0.05, 0) is 32.0 Å². The van der Waals surface area contributed by atoms with Crippen molar-refractivity contribution in [3.8, 4) is 0 Å². The fourth-order valence-corrected chi connectivity index (χ4v) is 1.66. The molecular weight excluding hydrogens is 214 g/mol. The van der Waals surface area contributed by atoms with Gasteiger partial charge in [-0.15, -0.1) is 5.10 Å². The molecule has 4 N–H and O–H groups in total. The Morgan fingerprint density at radius 3 is 2.93 bits per heavy atom. The molecule has 82 valence electrons. The van der Waals surface area contributed by atoms with Gasteiger partial charge in [0.25, 0.3) is 0 Å². The summed E-state index contributed by atoms with van der Waals surface area (Å²) in [6.45, 7) is 1.75. The van der Waals surface area contributed by atoms with E-state index < -0.39 is 6.04 Å². The molecule has 1 aliphatic rings. The van der Waals surface area contributed by atoms with Crippen LogP contribution in [0.15, 0.2) is 0 Å². The number of amides is 1. The maximum atomic E-state index is 11.7. The number of nitrogen functional groups attached to an aromatic ring is 1. The van der Waals surface area contributed by atoms with Crippen molar-refractivity contribution in [2.24, 2.45) is 0 Å². The average Bonchev–Trinajstić information content (AvgIpc) is 2.93. The SMILES string of the molecule is CC(C(=O)NC1CC1)n1c(N)n[nH]c1=S. The van der Waals surface area contributed by atoms with Crippen LogP contribution in [0.25, 0.3) is 0 Å². The lowest BCUT2D eigenvalue weighted by Gasteiger charge is -2.13. The van der Waals surface area contributed by atoms with Crippen LogP contribution < -0.4 is 11.1 Å². The molecule has 0 radical (unpaired) electrons. The normalized spacial score (nSPS) is 17.4. The highest BCUT2D eigenvalue weighted by atomic mass is 32.1. The summed E-state index contributed by atoms with van der Waals surface area (Å²) < 4.78 is 1.87. The van der Waals surface area contributed by atoms with Crippen LogP contribution in [-0.2, 0) is 4.79 Å². The summed E-state index contributed by atoms with van der Waals surface area (Å²) in [5.74, 6) is 0.167. The third-order valence-electron chi connectivity index (χ3n) is 2.42. The molecule has 0 aromatic carbocycles. The van der Waals surface area contributed by atoms with E-state index in [0.29, 0.717) is 10.8 Å². The molecule has 1 amide bonds. The summed E-state index contributed by atoms with van der Waals surface area (Å²) in [5, 5.41) is 9.20. The fraction of sp³-hybridized carbons (Fsp3) is 0.625. The van der Waals surface area contributed by atoms with Gasteiger partial charge in [-0.1, -0.05) is 0 Å². The summed E-state index contributed by atoms with van der Waals surface area (Å²) in [5.41, 5.74) is 5.60. The first-order valence-corrected chi connectivity index (χ1v) is 5.23. The Morgan fingerprint density at radius 2 is 2.47 bits per heavy atom. The van der Waals surface area contributed by atoms with Crippen LogP contribution in [0.1, 0.15) is 25.8 Å². The highest BCUT2D eigenvalue weighted by Gasteiger charge is 2.27. The van der Waals surface area contributed by atoms with E-state index >= 15 is 0 Å². The lowest BCUT2D eigenvalue weighted by Crippen LogP contribution is -2.33. The molecule has 1 saturated carbocycles. The van der Waals surface area contributed by atoms with Crippen molar-refractivity contribution in [2.75, 3.05) is 5.73 Å². The third kappa shape index (κ3) is 2.01. The average molecular weight is 227 g/mol. The number of carbonyl (C=O) groups excluding carboxylic acids is 1. The monoisotopic (exact) mass is 227 g/mol. The zero-order valence-electron chi connectivity index (χ0n) is 8.36. The van der Waals surface area contributed by atoms with Gasteiger partial charge in [0.15, 0.2) is 4.77 Å². The second-order valence-electron chi connectivity index (χ2n) is 3.72. The Kier molecular flexibility index (Phi) is 2.47. The minimum Gasteiger partial charge on any atom is -0.368 e. The standard InChI is InChI=1S/C8H13N5OS/c1-4(6(14)10-5-2-3-5)13-7(9)11-12-8(13)15/h4-5H,2-3H2,1H3,(H2,9,11)(H,10,14)(H,12,15). The summed E-state index contributed by atoms with van der Waals surface area (Å²) in [6.07, 6.45) is 2.12. The van der Waals surface area contributed by atoms with Crippen LogP contribution in [0.4, 0.5) is 5.95 Å². The zero-order chi connectivity index (χ0) is 11.0. The minimum atomic E-state index is -0.420. The number of carbonyl (C=O) groups is 1. The topological polar surface area (TPSA) is 88.7 Å². The molecule has 15 heavy (non-hydrogen) atoms. The third-order valence-corrected chi connectivity index (χ3v) is 2.71. The van der Waals surface area contributed by atoms with Crippen molar-refractivity contribution >= 4 is 24.1 Å². The van der Waals surface area contributed by atoms with Gasteiger partial charge < -0.3 is 11.1 Å². The van der Waals surface area contributed by atoms with Crippen LogP contribution in [0.5, 0.6) is 0 Å². The van der Waals surface area contributed by atoms with E-state index in [4.69, 9.17) is 18.0 Å². The predicted molar refractivity (Wildman–Crippen MR) is 57.7 cm³/mol. The van der Waals surface area contributed by atoms with Gasteiger partial charge in [0.1, 0.15) is 6.04 Å². The van der Waals surface area contributed by atoms with Crippen molar-refractivity contribution in [2.45, 2.75) is 31.8 Å². The van der Waals surface area contributed by atoms with Gasteiger partial charge in [-0.25, -0.2) is 5.10 Å². The van der Waals surface area contributed by atoms with E-state index in [1.807, 2.05) is 0 Å². The molecule has 1 aromatic heterocycles. The van der Waals surface area contributed by atoms with Gasteiger partial charge in [-0.3, -0.25) is 9.36 Å². The molecule has 1 unspecified atom stereocenters. The van der Waals surface area contributed by atoms with Gasteiger partial charge in [0, 0.05) is 6.04 Å². The first kappa shape index (κ1) is 10.2. The van der Waals surface area contributed by atoms with Gasteiger partial charge in [0.2, 0.25) is 11.9 Å². The van der Waals surface area contributed by atoms with E-state index in [9.17, 15) is 4.79 Å². The Hall–Kier alpha value is -1.37. The molecule has 1 aliphatic carbocycles. The molecule has 2 rings (SSSR count). The van der Waals surface area contributed by atoms with Gasteiger partial charge >= 0.3 is 0 Å². The maximum Gasteiger partial charge on any atom is 0.243 e. The second kappa shape index (κ2) is 3.65. The van der Waals surface area contributed by atoms with Crippen molar-refractivity contribution in [3.63, 3.8) is 0 Å². The quantitative estimate of drug-likeness (QED) is 0.651. The Bertz CT molecular complexity index is 432. The number of nitrogens with two attached hydrogens (primary N) is 1. The van der Waals surface area contributed by atoms with Crippen LogP contribution in [0.3, 0.4) is 0 Å². The van der Waals surface area contributed by atoms with Crippen molar-refractivity contribution in [1.82, 2.24) is 20.1 Å². The molecule has 0 aliphatic heterocycles. The number of aromatic amines is 1. The number of hydrogen-bond donors (Lipinski definition) is 3. The van der Waals surface area contributed by atoms with Crippen molar-refractivity contribution < 1.29 is 4.79 Å². The van der Waals surface area contributed by atoms with E-state index in [2.05, 4.69) is 15.5 Å². The number of rotatable bonds is 3. The number of hydrogen-bond acceptors (Lipinski definition) is 4. The van der Waals surface area contributed by atoms with E-state index in [1.165, 1.54) is 4.57 Å². The Morgan fingerprint density at radius 1 is 1.80 bits per heavy atom. The second-order valence-corrected chi connectivity index (χ2v) is 4.10. The first-order chi connectivity index (χ1) is 7.09. The highest BCUT2D eigenvalue weighted by molar-refractivity contribution is 7.71. The number of aromatic nitrogens is 3. The molecule has 0 bridgehead atoms. The molecule has 6 nitrogen and oxygen atoms in total. The van der Waals surface area contributed by atoms with Crippen LogP contribution in [0.2, 0.25) is 0 Å². The summed E-state index contributed by atoms with van der Waals surface area (Å²) in [6, 6.07) is -0.0842. The number of nitrogens with zero attached hydrogens (tertiary/aromatic N) is 2. The van der Waals surface area contributed by atoms with Gasteiger partial charge in [-0.2, -0.15) is 0 Å². The fourth-order valence-electron chi connectivity index (χ4n) is 1.36. The zero-order valence-corrected chi connectivity index (χ0v) is 9.17. The summed E-state index contributed by atoms with van der Waals surface area (Å²) in [7, 11) is 0. The van der Waals surface area contributed by atoms with Crippen LogP contribution >= 0.6 is 12.2 Å². The molecule has 1 heterocycles. The highest BCUT2D eigenvalue weighted by Crippen LogP contribution is 2.20. The Labute approximate surface area is 91.9 Å². The van der Waals surface area contributed by atoms with Crippen LogP contribution in [-0.4, -0.2) is 26.7 Å². The lowest BCUT2D eigenvalue weighted by molar-refractivity contribution is -0.124. The first-order valence-electron chi connectivity index (χ1n) is 4.82. The summed E-state index contributed by atoms with van der Waals surface area (Å²) in [4.78, 5) is 11.7. The molecule has 0 spiro atoms. The molecule has 1 fully saturated rings. The lowest BCUT2D eigenvalue weighted by atomic mass is 10.3. The number of anilines is 1. The van der Waals surface area contributed by atoms with E-state index in [0.717, 1.165) is 12.8 Å².